The third-order valence-corrected chi connectivity index (χ3v) is 6.36. The van der Waals surface area contributed by atoms with Crippen molar-refractivity contribution in [2.45, 2.75) is 31.5 Å². The van der Waals surface area contributed by atoms with Crippen LogP contribution in [0.2, 0.25) is 5.02 Å². The molecule has 170 valence electrons. The quantitative estimate of drug-likeness (QED) is 0.399. The fourth-order valence-corrected chi connectivity index (χ4v) is 4.38. The number of hydrogen-bond donors (Lipinski definition) is 3. The van der Waals surface area contributed by atoms with Gasteiger partial charge < -0.3 is 15.7 Å². The molecule has 6 nitrogen and oxygen atoms in total. The van der Waals surface area contributed by atoms with Gasteiger partial charge in [-0.3, -0.25) is 9.69 Å². The van der Waals surface area contributed by atoms with Crippen molar-refractivity contribution in [3.05, 3.63) is 93.4 Å². The smallest absolute Gasteiger partial charge is 0.329 e. The van der Waals surface area contributed by atoms with Gasteiger partial charge >= 0.3 is 6.03 Å². The minimum atomic E-state index is -2.27. The molecule has 4 rings (SSSR count). The molecule has 3 amide bonds. The molecule has 1 aliphatic rings. The lowest BCUT2D eigenvalue weighted by Gasteiger charge is -2.43. The molecular formula is C25H23BrClN3O3. The second kappa shape index (κ2) is 9.55. The second-order valence-corrected chi connectivity index (χ2v) is 9.35. The molecule has 3 N–H and O–H groups in total. The molecular weight excluding hydrogens is 506 g/mol. The molecule has 3 aromatic carbocycles. The number of aliphatic hydroxyl groups is 1. The van der Waals surface area contributed by atoms with Crippen LogP contribution < -0.4 is 15.5 Å². The van der Waals surface area contributed by atoms with Gasteiger partial charge in [-0.05, 0) is 67.8 Å². The van der Waals surface area contributed by atoms with Crippen molar-refractivity contribution in [3.8, 4) is 0 Å². The van der Waals surface area contributed by atoms with Crippen LogP contribution in [0, 0.1) is 0 Å². The molecule has 33 heavy (non-hydrogen) atoms. The van der Waals surface area contributed by atoms with Gasteiger partial charge in [0.15, 0.2) is 0 Å². The number of nitrogens with zero attached hydrogens (tertiary/aromatic N) is 1. The summed E-state index contributed by atoms with van der Waals surface area (Å²) in [5.74, 6) is -0.688. The first-order valence-electron chi connectivity index (χ1n) is 10.5. The lowest BCUT2D eigenvalue weighted by Crippen LogP contribution is -2.63. The average Bonchev–Trinajstić information content (AvgIpc) is 2.80. The van der Waals surface area contributed by atoms with Crippen molar-refractivity contribution < 1.29 is 14.7 Å². The van der Waals surface area contributed by atoms with E-state index in [2.05, 4.69) is 26.6 Å². The summed E-state index contributed by atoms with van der Waals surface area (Å²) < 4.78 is 0.664. The number of amides is 3. The van der Waals surface area contributed by atoms with Crippen LogP contribution >= 0.6 is 27.5 Å². The third-order valence-electron chi connectivity index (χ3n) is 5.61. The summed E-state index contributed by atoms with van der Waals surface area (Å²) >= 11 is 9.41. The zero-order chi connectivity index (χ0) is 23.6. The molecule has 0 saturated carbocycles. The lowest BCUT2D eigenvalue weighted by molar-refractivity contribution is -0.141. The standard InChI is InChI=1S/C25H23BrClN3O3/c1-16(7-8-17-5-3-2-4-6-17)28-23(31)25(33)21-15-18(26)9-14-22(21)29-24(32)30(25)20-12-10-19(27)11-13-20/h2-6,9-16,33H,7-8H2,1H3,(H,28,31)(H,29,32)/t16-,25-/m0/s1. The number of hydrogen-bond acceptors (Lipinski definition) is 3. The van der Waals surface area contributed by atoms with E-state index in [1.807, 2.05) is 37.3 Å². The van der Waals surface area contributed by atoms with E-state index in [-0.39, 0.29) is 11.6 Å². The maximum absolute atomic E-state index is 13.6. The Morgan fingerprint density at radius 3 is 2.55 bits per heavy atom. The van der Waals surface area contributed by atoms with Crippen LogP contribution in [0.3, 0.4) is 0 Å². The zero-order valence-corrected chi connectivity index (χ0v) is 20.2. The molecule has 0 spiro atoms. The maximum Gasteiger partial charge on any atom is 0.329 e. The summed E-state index contributed by atoms with van der Waals surface area (Å²) in [5.41, 5.74) is -0.151. The highest BCUT2D eigenvalue weighted by atomic mass is 79.9. The first kappa shape index (κ1) is 23.3. The van der Waals surface area contributed by atoms with E-state index in [1.54, 1.807) is 42.5 Å². The van der Waals surface area contributed by atoms with Gasteiger partial charge in [-0.2, -0.15) is 0 Å². The summed E-state index contributed by atoms with van der Waals surface area (Å²) in [7, 11) is 0. The summed E-state index contributed by atoms with van der Waals surface area (Å²) in [5, 5.41) is 18.0. The predicted molar refractivity (Wildman–Crippen MR) is 133 cm³/mol. The molecule has 0 saturated heterocycles. The molecule has 0 unspecified atom stereocenters. The summed E-state index contributed by atoms with van der Waals surface area (Å²) in [4.78, 5) is 27.7. The van der Waals surface area contributed by atoms with Crippen molar-refractivity contribution >= 4 is 50.8 Å². The van der Waals surface area contributed by atoms with E-state index in [4.69, 9.17) is 11.6 Å². The summed E-state index contributed by atoms with van der Waals surface area (Å²) in [6.07, 6.45) is 1.44. The van der Waals surface area contributed by atoms with Crippen LogP contribution in [-0.4, -0.2) is 23.1 Å². The highest BCUT2D eigenvalue weighted by Gasteiger charge is 2.52. The fourth-order valence-electron chi connectivity index (χ4n) is 3.89. The fraction of sp³-hybridized carbons (Fsp3) is 0.200. The number of halogens is 2. The molecule has 3 aromatic rings. The molecule has 0 aromatic heterocycles. The molecule has 8 heteroatoms. The van der Waals surface area contributed by atoms with Crippen LogP contribution in [-0.2, 0) is 16.9 Å². The largest absolute Gasteiger partial charge is 0.359 e. The highest BCUT2D eigenvalue weighted by molar-refractivity contribution is 9.10. The van der Waals surface area contributed by atoms with E-state index in [9.17, 15) is 14.7 Å². The van der Waals surface area contributed by atoms with Gasteiger partial charge in [-0.25, -0.2) is 4.79 Å². The van der Waals surface area contributed by atoms with Gasteiger partial charge in [0.1, 0.15) is 0 Å². The SMILES string of the molecule is C[C@@H](CCc1ccccc1)NC(=O)[C@@]1(O)c2cc(Br)ccc2NC(=O)N1c1ccc(Cl)cc1. The highest BCUT2D eigenvalue weighted by Crippen LogP contribution is 2.41. The van der Waals surface area contributed by atoms with Crippen molar-refractivity contribution in [2.24, 2.45) is 0 Å². The van der Waals surface area contributed by atoms with Crippen LogP contribution in [0.4, 0.5) is 16.2 Å². The number of carbonyl (C=O) groups excluding carboxylic acids is 2. The van der Waals surface area contributed by atoms with Crippen molar-refractivity contribution in [1.82, 2.24) is 5.32 Å². The normalized spacial score (nSPS) is 18.3. The average molecular weight is 529 g/mol. The molecule has 0 aliphatic carbocycles. The Bertz CT molecular complexity index is 1170. The van der Waals surface area contributed by atoms with Gasteiger partial charge in [0.2, 0.25) is 0 Å². The Balaban J connectivity index is 1.67. The van der Waals surface area contributed by atoms with Crippen LogP contribution in [0.1, 0.15) is 24.5 Å². The van der Waals surface area contributed by atoms with E-state index in [0.717, 1.165) is 16.9 Å². The van der Waals surface area contributed by atoms with Crippen LogP contribution in [0.25, 0.3) is 0 Å². The number of carbonyl (C=O) groups is 2. The Morgan fingerprint density at radius 1 is 1.15 bits per heavy atom. The topological polar surface area (TPSA) is 81.7 Å². The second-order valence-electron chi connectivity index (χ2n) is 8.00. The molecule has 0 bridgehead atoms. The predicted octanol–water partition coefficient (Wildman–Crippen LogP) is 5.44. The third kappa shape index (κ3) is 4.76. The van der Waals surface area contributed by atoms with Gasteiger partial charge in [-0.15, -0.1) is 0 Å². The first-order chi connectivity index (χ1) is 15.8. The Hall–Kier alpha value is -2.87. The monoisotopic (exact) mass is 527 g/mol. The van der Waals surface area contributed by atoms with Gasteiger partial charge in [0.05, 0.1) is 5.69 Å². The van der Waals surface area contributed by atoms with Crippen LogP contribution in [0.15, 0.2) is 77.3 Å². The number of benzene rings is 3. The number of urea groups is 1. The van der Waals surface area contributed by atoms with E-state index >= 15 is 0 Å². The molecule has 1 heterocycles. The number of nitrogens with one attached hydrogen (secondary N) is 2. The van der Waals surface area contributed by atoms with Crippen LogP contribution in [0.5, 0.6) is 0 Å². The minimum absolute atomic E-state index is 0.241. The molecule has 0 fully saturated rings. The maximum atomic E-state index is 13.6. The molecule has 2 atom stereocenters. The summed E-state index contributed by atoms with van der Waals surface area (Å²) in [6.45, 7) is 1.88. The Morgan fingerprint density at radius 2 is 1.85 bits per heavy atom. The molecule has 0 radical (unpaired) electrons. The van der Waals surface area contributed by atoms with Crippen molar-refractivity contribution in [2.75, 3.05) is 10.2 Å². The van der Waals surface area contributed by atoms with Gasteiger partial charge in [0.25, 0.3) is 11.6 Å². The number of fused-ring (bicyclic) bond motifs is 1. The zero-order valence-electron chi connectivity index (χ0n) is 17.9. The Kier molecular flexibility index (Phi) is 6.74. The first-order valence-corrected chi connectivity index (χ1v) is 11.7. The Labute approximate surface area is 205 Å². The number of anilines is 2. The van der Waals surface area contributed by atoms with Gasteiger partial charge in [0, 0.05) is 26.8 Å². The van der Waals surface area contributed by atoms with Crippen molar-refractivity contribution in [3.63, 3.8) is 0 Å². The summed E-state index contributed by atoms with van der Waals surface area (Å²) in [6, 6.07) is 20.5. The number of rotatable bonds is 6. The molecule has 1 aliphatic heterocycles. The van der Waals surface area contributed by atoms with E-state index in [0.29, 0.717) is 27.3 Å². The lowest BCUT2D eigenvalue weighted by atomic mass is 9.94. The minimum Gasteiger partial charge on any atom is -0.359 e. The van der Waals surface area contributed by atoms with Crippen molar-refractivity contribution in [1.29, 1.82) is 0 Å². The van der Waals surface area contributed by atoms with Gasteiger partial charge in [-0.1, -0.05) is 57.9 Å². The van der Waals surface area contributed by atoms with E-state index < -0.39 is 17.7 Å². The van der Waals surface area contributed by atoms with E-state index in [1.165, 1.54) is 0 Å². The number of aryl methyl sites for hydroxylation is 1.